The van der Waals surface area contributed by atoms with Crippen molar-refractivity contribution in [2.75, 3.05) is 6.54 Å². The van der Waals surface area contributed by atoms with Gasteiger partial charge in [-0.25, -0.2) is 0 Å². The van der Waals surface area contributed by atoms with Crippen molar-refractivity contribution in [3.05, 3.63) is 33.8 Å². The van der Waals surface area contributed by atoms with Gasteiger partial charge in [0.2, 0.25) is 5.91 Å². The topological polar surface area (TPSA) is 66.4 Å². The van der Waals surface area contributed by atoms with E-state index in [9.17, 15) is 9.59 Å². The number of carboxylic acid groups (broad SMARTS) is 1. The van der Waals surface area contributed by atoms with E-state index in [4.69, 9.17) is 28.3 Å². The number of rotatable bonds is 5. The van der Waals surface area contributed by atoms with Crippen molar-refractivity contribution in [3.63, 3.8) is 0 Å². The highest BCUT2D eigenvalue weighted by atomic mass is 35.5. The van der Waals surface area contributed by atoms with Gasteiger partial charge in [-0.05, 0) is 37.0 Å². The van der Waals surface area contributed by atoms with E-state index in [1.54, 1.807) is 18.2 Å². The molecule has 0 saturated heterocycles. The Bertz CT molecular complexity index is 513. The molecule has 2 atom stereocenters. The molecule has 0 aliphatic heterocycles. The number of hydrogen-bond donors (Lipinski definition) is 2. The summed E-state index contributed by atoms with van der Waals surface area (Å²) in [6.07, 6.45) is 1.73. The first kappa shape index (κ1) is 15.1. The van der Waals surface area contributed by atoms with Crippen LogP contribution in [0.5, 0.6) is 0 Å². The molecule has 1 aromatic carbocycles. The lowest BCUT2D eigenvalue weighted by Gasteiger charge is -2.31. The molecule has 1 aliphatic rings. The molecule has 4 nitrogen and oxygen atoms in total. The fraction of sp³-hybridized carbons (Fsp3) is 0.429. The van der Waals surface area contributed by atoms with E-state index >= 15 is 0 Å². The standard InChI is InChI=1S/C14H15Cl2NO3/c15-11-2-1-3-12(16)10(11)6-7-17-13(18)8-4-5-9(8)14(19)20/h1-3,8-9H,4-7H2,(H,17,18)(H,19,20). The zero-order valence-electron chi connectivity index (χ0n) is 10.7. The first-order valence-corrected chi connectivity index (χ1v) is 7.19. The van der Waals surface area contributed by atoms with Crippen LogP contribution in [0.2, 0.25) is 10.0 Å². The third-order valence-corrected chi connectivity index (χ3v) is 4.37. The van der Waals surface area contributed by atoms with Crippen LogP contribution in [0.1, 0.15) is 18.4 Å². The summed E-state index contributed by atoms with van der Waals surface area (Å²) in [5.41, 5.74) is 0.791. The number of halogens is 2. The maximum atomic E-state index is 11.9. The van der Waals surface area contributed by atoms with Crippen molar-refractivity contribution in [1.82, 2.24) is 5.32 Å². The first-order chi connectivity index (χ1) is 9.50. The van der Waals surface area contributed by atoms with E-state index in [2.05, 4.69) is 5.32 Å². The van der Waals surface area contributed by atoms with E-state index in [1.807, 2.05) is 0 Å². The van der Waals surface area contributed by atoms with Crippen molar-refractivity contribution >= 4 is 35.1 Å². The molecule has 20 heavy (non-hydrogen) atoms. The highest BCUT2D eigenvalue weighted by molar-refractivity contribution is 6.35. The number of nitrogens with one attached hydrogen (secondary N) is 1. The monoisotopic (exact) mass is 315 g/mol. The third-order valence-electron chi connectivity index (χ3n) is 3.66. The van der Waals surface area contributed by atoms with E-state index < -0.39 is 17.8 Å². The molecule has 2 rings (SSSR count). The molecule has 0 heterocycles. The molecule has 0 aromatic heterocycles. The number of benzene rings is 1. The van der Waals surface area contributed by atoms with Gasteiger partial charge < -0.3 is 10.4 Å². The Balaban J connectivity index is 1.84. The van der Waals surface area contributed by atoms with Crippen LogP contribution in [-0.4, -0.2) is 23.5 Å². The SMILES string of the molecule is O=C(O)C1CCC1C(=O)NCCc1c(Cl)cccc1Cl. The molecular weight excluding hydrogens is 301 g/mol. The Hall–Kier alpha value is -1.26. The van der Waals surface area contributed by atoms with Gasteiger partial charge in [0.15, 0.2) is 0 Å². The van der Waals surface area contributed by atoms with Gasteiger partial charge >= 0.3 is 5.97 Å². The minimum Gasteiger partial charge on any atom is -0.481 e. The quantitative estimate of drug-likeness (QED) is 0.878. The Labute approximate surface area is 127 Å². The second-order valence-corrected chi connectivity index (χ2v) is 5.68. The number of carbonyl (C=O) groups excluding carboxylic acids is 1. The van der Waals surface area contributed by atoms with Crippen LogP contribution in [-0.2, 0) is 16.0 Å². The van der Waals surface area contributed by atoms with E-state index in [1.165, 1.54) is 0 Å². The highest BCUT2D eigenvalue weighted by Crippen LogP contribution is 2.34. The summed E-state index contributed by atoms with van der Waals surface area (Å²) < 4.78 is 0. The van der Waals surface area contributed by atoms with Gasteiger partial charge in [0.1, 0.15) is 0 Å². The molecule has 1 fully saturated rings. The van der Waals surface area contributed by atoms with Crippen molar-refractivity contribution in [2.45, 2.75) is 19.3 Å². The van der Waals surface area contributed by atoms with Gasteiger partial charge in [-0.15, -0.1) is 0 Å². The molecule has 1 saturated carbocycles. The van der Waals surface area contributed by atoms with E-state index in [0.717, 1.165) is 5.56 Å². The normalized spacial score (nSPS) is 21.1. The Kier molecular flexibility index (Phi) is 4.89. The highest BCUT2D eigenvalue weighted by Gasteiger charge is 2.41. The second-order valence-electron chi connectivity index (χ2n) is 4.87. The predicted molar refractivity (Wildman–Crippen MR) is 77.0 cm³/mol. The maximum Gasteiger partial charge on any atom is 0.307 e. The van der Waals surface area contributed by atoms with Crippen LogP contribution < -0.4 is 5.32 Å². The molecule has 1 aliphatic carbocycles. The molecule has 0 spiro atoms. The molecule has 1 aromatic rings. The molecule has 108 valence electrons. The zero-order chi connectivity index (χ0) is 14.7. The van der Waals surface area contributed by atoms with Gasteiger partial charge in [0.25, 0.3) is 0 Å². The van der Waals surface area contributed by atoms with Gasteiger partial charge in [-0.3, -0.25) is 9.59 Å². The fourth-order valence-electron chi connectivity index (χ4n) is 2.32. The van der Waals surface area contributed by atoms with Gasteiger partial charge in [-0.2, -0.15) is 0 Å². The van der Waals surface area contributed by atoms with Gasteiger partial charge in [-0.1, -0.05) is 29.3 Å². The van der Waals surface area contributed by atoms with E-state index in [-0.39, 0.29) is 5.91 Å². The minimum atomic E-state index is -0.898. The summed E-state index contributed by atoms with van der Waals surface area (Å²) >= 11 is 12.1. The molecule has 0 radical (unpaired) electrons. The Morgan fingerprint density at radius 2 is 1.80 bits per heavy atom. The summed E-state index contributed by atoms with van der Waals surface area (Å²) in [7, 11) is 0. The predicted octanol–water partition coefficient (Wildman–Crippen LogP) is 2.76. The molecule has 2 N–H and O–H groups in total. The first-order valence-electron chi connectivity index (χ1n) is 6.44. The summed E-state index contributed by atoms with van der Waals surface area (Å²) in [5, 5.41) is 12.8. The molecule has 0 bridgehead atoms. The average Bonchev–Trinajstić information content (AvgIpc) is 2.30. The summed E-state index contributed by atoms with van der Waals surface area (Å²) in [5.74, 6) is -2.05. The molecule has 2 unspecified atom stereocenters. The lowest BCUT2D eigenvalue weighted by molar-refractivity contribution is -0.152. The summed E-state index contributed by atoms with van der Waals surface area (Å²) in [4.78, 5) is 22.7. The lowest BCUT2D eigenvalue weighted by atomic mass is 9.73. The van der Waals surface area contributed by atoms with E-state index in [0.29, 0.717) is 35.9 Å². The summed E-state index contributed by atoms with van der Waals surface area (Å²) in [6.45, 7) is 0.394. The average molecular weight is 316 g/mol. The van der Waals surface area contributed by atoms with Crippen LogP contribution >= 0.6 is 23.2 Å². The van der Waals surface area contributed by atoms with Crippen molar-refractivity contribution in [1.29, 1.82) is 0 Å². The molecular formula is C14H15Cl2NO3. The Morgan fingerprint density at radius 1 is 1.20 bits per heavy atom. The smallest absolute Gasteiger partial charge is 0.307 e. The van der Waals surface area contributed by atoms with Crippen LogP contribution in [0.4, 0.5) is 0 Å². The number of carbonyl (C=O) groups is 2. The van der Waals surface area contributed by atoms with Crippen LogP contribution in [0, 0.1) is 11.8 Å². The number of hydrogen-bond acceptors (Lipinski definition) is 2. The van der Waals surface area contributed by atoms with Crippen molar-refractivity contribution in [3.8, 4) is 0 Å². The molecule has 6 heteroatoms. The van der Waals surface area contributed by atoms with Crippen molar-refractivity contribution < 1.29 is 14.7 Å². The molecule has 1 amide bonds. The second kappa shape index (κ2) is 6.46. The largest absolute Gasteiger partial charge is 0.481 e. The van der Waals surface area contributed by atoms with Gasteiger partial charge in [0.05, 0.1) is 11.8 Å². The van der Waals surface area contributed by atoms with Crippen LogP contribution in [0.25, 0.3) is 0 Å². The fourth-order valence-corrected chi connectivity index (χ4v) is 2.91. The number of aliphatic carboxylic acids is 1. The van der Waals surface area contributed by atoms with Crippen LogP contribution in [0.3, 0.4) is 0 Å². The minimum absolute atomic E-state index is 0.202. The van der Waals surface area contributed by atoms with Crippen LogP contribution in [0.15, 0.2) is 18.2 Å². The van der Waals surface area contributed by atoms with Crippen molar-refractivity contribution in [2.24, 2.45) is 11.8 Å². The number of amides is 1. The number of carboxylic acids is 1. The Morgan fingerprint density at radius 3 is 2.30 bits per heavy atom. The maximum absolute atomic E-state index is 11.9. The lowest BCUT2D eigenvalue weighted by Crippen LogP contribution is -2.44. The van der Waals surface area contributed by atoms with Gasteiger partial charge in [0, 0.05) is 16.6 Å². The zero-order valence-corrected chi connectivity index (χ0v) is 12.2. The third kappa shape index (κ3) is 3.25. The summed E-state index contributed by atoms with van der Waals surface area (Å²) in [6, 6.07) is 5.26.